The minimum absolute atomic E-state index is 0.0314. The number of halogens is 9. The molecule has 2 nitrogen and oxygen atoms in total. The van der Waals surface area contributed by atoms with E-state index in [0.29, 0.717) is 6.92 Å². The molecule has 0 bridgehead atoms. The van der Waals surface area contributed by atoms with Gasteiger partial charge >= 0.3 is 23.7 Å². The third-order valence-corrected chi connectivity index (χ3v) is 4.53. The summed E-state index contributed by atoms with van der Waals surface area (Å²) in [4.78, 5) is 0. The first-order valence-corrected chi connectivity index (χ1v) is 7.66. The van der Waals surface area contributed by atoms with Crippen LogP contribution in [0.25, 0.3) is 0 Å². The molecule has 0 spiro atoms. The summed E-state index contributed by atoms with van der Waals surface area (Å²) in [7, 11) is 0. The number of rotatable bonds is 5. The van der Waals surface area contributed by atoms with Crippen molar-refractivity contribution in [2.45, 2.75) is 55.2 Å². The highest BCUT2D eigenvalue weighted by molar-refractivity contribution is 5.39. The Labute approximate surface area is 147 Å². The molecule has 0 amide bonds. The SMILES string of the molecule is CCOc1ccccc1C(C)(O)CC1(F)C(F)(F)C(F)(F)C(F)(F)C1(F)F. The monoisotopic (exact) mass is 410 g/mol. The van der Waals surface area contributed by atoms with Gasteiger partial charge in [0, 0.05) is 12.0 Å². The van der Waals surface area contributed by atoms with Crippen molar-refractivity contribution in [3.8, 4) is 5.75 Å². The van der Waals surface area contributed by atoms with Crippen LogP contribution >= 0.6 is 0 Å². The molecule has 0 saturated heterocycles. The molecule has 1 aromatic rings. The van der Waals surface area contributed by atoms with Crippen molar-refractivity contribution >= 4 is 0 Å². The standard InChI is InChI=1S/C16H15F9O2/c1-3-27-10-7-5-4-6-9(10)11(2,26)8-12(17)13(18,19)15(22,23)16(24,25)14(12,20)21/h4-7,26H,3,8H2,1-2H3. The average molecular weight is 410 g/mol. The lowest BCUT2D eigenvalue weighted by Gasteiger charge is -2.37. The van der Waals surface area contributed by atoms with Crippen molar-refractivity contribution in [2.75, 3.05) is 6.61 Å². The van der Waals surface area contributed by atoms with E-state index >= 15 is 0 Å². The molecule has 1 atom stereocenters. The smallest absolute Gasteiger partial charge is 0.381 e. The third kappa shape index (κ3) is 2.53. The zero-order valence-corrected chi connectivity index (χ0v) is 14.0. The number of aliphatic hydroxyl groups is 1. The first-order valence-electron chi connectivity index (χ1n) is 7.66. The summed E-state index contributed by atoms with van der Waals surface area (Å²) in [5.41, 5.74) is -9.21. The highest BCUT2D eigenvalue weighted by atomic mass is 19.4. The van der Waals surface area contributed by atoms with Crippen LogP contribution in [0.1, 0.15) is 25.8 Å². The van der Waals surface area contributed by atoms with Crippen LogP contribution in [0, 0.1) is 0 Å². The highest BCUT2D eigenvalue weighted by Gasteiger charge is 3.00. The maximum absolute atomic E-state index is 14.7. The Morgan fingerprint density at radius 3 is 1.74 bits per heavy atom. The predicted molar refractivity (Wildman–Crippen MR) is 75.4 cm³/mol. The van der Waals surface area contributed by atoms with Crippen molar-refractivity contribution in [3.63, 3.8) is 0 Å². The minimum atomic E-state index is -6.67. The molecule has 0 aromatic heterocycles. The van der Waals surface area contributed by atoms with Crippen LogP contribution in [0.15, 0.2) is 24.3 Å². The second kappa shape index (κ2) is 5.92. The fraction of sp³-hybridized carbons (Fsp3) is 0.625. The van der Waals surface area contributed by atoms with Gasteiger partial charge in [-0.15, -0.1) is 0 Å². The van der Waals surface area contributed by atoms with E-state index in [0.717, 1.165) is 6.07 Å². The van der Waals surface area contributed by atoms with E-state index in [1.807, 2.05) is 0 Å². The molecule has 0 heterocycles. The second-order valence-corrected chi connectivity index (χ2v) is 6.48. The van der Waals surface area contributed by atoms with Crippen LogP contribution < -0.4 is 4.74 Å². The molecule has 1 aromatic carbocycles. The van der Waals surface area contributed by atoms with Crippen molar-refractivity contribution in [3.05, 3.63) is 29.8 Å². The summed E-state index contributed by atoms with van der Waals surface area (Å²) in [5.74, 6) is -26.5. The van der Waals surface area contributed by atoms with Gasteiger partial charge in [-0.05, 0) is 19.9 Å². The first-order chi connectivity index (χ1) is 12.0. The molecule has 0 aliphatic heterocycles. The molecule has 27 heavy (non-hydrogen) atoms. The fourth-order valence-electron chi connectivity index (χ4n) is 3.07. The fourth-order valence-corrected chi connectivity index (χ4v) is 3.07. The quantitative estimate of drug-likeness (QED) is 0.697. The van der Waals surface area contributed by atoms with Crippen molar-refractivity contribution in [1.82, 2.24) is 0 Å². The van der Waals surface area contributed by atoms with Crippen molar-refractivity contribution < 1.29 is 49.4 Å². The highest BCUT2D eigenvalue weighted by Crippen LogP contribution is 2.71. The molecule has 1 saturated carbocycles. The number of ether oxygens (including phenoxy) is 1. The van der Waals surface area contributed by atoms with Crippen LogP contribution in [0.2, 0.25) is 0 Å². The van der Waals surface area contributed by atoms with Crippen LogP contribution in [0.4, 0.5) is 39.5 Å². The first kappa shape index (κ1) is 21.6. The van der Waals surface area contributed by atoms with Crippen LogP contribution in [0.5, 0.6) is 5.75 Å². The number of hydrogen-bond donors (Lipinski definition) is 1. The van der Waals surface area contributed by atoms with Gasteiger partial charge in [0.1, 0.15) is 5.75 Å². The maximum atomic E-state index is 14.7. The molecule has 2 rings (SSSR count). The molecule has 1 aliphatic carbocycles. The Hall–Kier alpha value is -1.65. The molecule has 0 radical (unpaired) electrons. The lowest BCUT2D eigenvalue weighted by Crippen LogP contribution is -2.57. The molecular weight excluding hydrogens is 395 g/mol. The summed E-state index contributed by atoms with van der Waals surface area (Å²) in [6.45, 7) is 2.01. The summed E-state index contributed by atoms with van der Waals surface area (Å²) >= 11 is 0. The Morgan fingerprint density at radius 2 is 1.30 bits per heavy atom. The van der Waals surface area contributed by atoms with E-state index in [4.69, 9.17) is 4.74 Å². The number of para-hydroxylation sites is 1. The topological polar surface area (TPSA) is 29.5 Å². The van der Waals surface area contributed by atoms with Gasteiger partial charge in [0.15, 0.2) is 0 Å². The Morgan fingerprint density at radius 1 is 0.852 bits per heavy atom. The van der Waals surface area contributed by atoms with Gasteiger partial charge in [-0.3, -0.25) is 0 Å². The molecule has 1 N–H and O–H groups in total. The van der Waals surface area contributed by atoms with Gasteiger partial charge in [-0.2, -0.15) is 35.1 Å². The van der Waals surface area contributed by atoms with Gasteiger partial charge in [-0.25, -0.2) is 4.39 Å². The van der Waals surface area contributed by atoms with Gasteiger partial charge < -0.3 is 9.84 Å². The lowest BCUT2D eigenvalue weighted by atomic mass is 9.80. The summed E-state index contributed by atoms with van der Waals surface area (Å²) < 4.78 is 128. The molecule has 1 fully saturated rings. The van der Waals surface area contributed by atoms with Crippen molar-refractivity contribution in [1.29, 1.82) is 0 Å². The summed E-state index contributed by atoms with van der Waals surface area (Å²) in [6.07, 6.45) is -2.44. The largest absolute Gasteiger partial charge is 0.493 e. The van der Waals surface area contributed by atoms with E-state index in [-0.39, 0.29) is 12.4 Å². The van der Waals surface area contributed by atoms with E-state index in [2.05, 4.69) is 0 Å². The Kier molecular flexibility index (Phi) is 4.75. The van der Waals surface area contributed by atoms with Gasteiger partial charge in [0.25, 0.3) is 5.67 Å². The third-order valence-electron chi connectivity index (χ3n) is 4.53. The van der Waals surface area contributed by atoms with Crippen LogP contribution in [0.3, 0.4) is 0 Å². The van der Waals surface area contributed by atoms with Crippen LogP contribution in [-0.2, 0) is 5.60 Å². The Bertz CT molecular complexity index is 690. The zero-order chi connectivity index (χ0) is 21.1. The normalized spacial score (nSPS) is 26.4. The van der Waals surface area contributed by atoms with Crippen molar-refractivity contribution in [2.24, 2.45) is 0 Å². The van der Waals surface area contributed by atoms with E-state index in [1.165, 1.54) is 25.1 Å². The molecule has 11 heteroatoms. The summed E-state index contributed by atoms with van der Waals surface area (Å²) in [5, 5.41) is 10.3. The van der Waals surface area contributed by atoms with E-state index < -0.39 is 46.9 Å². The number of hydrogen-bond acceptors (Lipinski definition) is 2. The van der Waals surface area contributed by atoms with Crippen LogP contribution in [-0.4, -0.2) is 41.1 Å². The Balaban J connectivity index is 2.61. The minimum Gasteiger partial charge on any atom is -0.493 e. The molecule has 1 aliphatic rings. The average Bonchev–Trinajstić information content (AvgIpc) is 2.58. The molecule has 154 valence electrons. The maximum Gasteiger partial charge on any atom is 0.381 e. The number of alkyl halides is 9. The molecule has 1 unspecified atom stereocenters. The number of benzene rings is 1. The molecular formula is C16H15F9O2. The zero-order valence-electron chi connectivity index (χ0n) is 14.0. The summed E-state index contributed by atoms with van der Waals surface area (Å²) in [6, 6.07) is 4.70. The van der Waals surface area contributed by atoms with Gasteiger partial charge in [-0.1, -0.05) is 18.2 Å². The lowest BCUT2D eigenvalue weighted by molar-refractivity contribution is -0.303. The van der Waals surface area contributed by atoms with E-state index in [9.17, 15) is 44.6 Å². The predicted octanol–water partition coefficient (Wildman–Crippen LogP) is 4.95. The van der Waals surface area contributed by atoms with Gasteiger partial charge in [0.05, 0.1) is 12.2 Å². The van der Waals surface area contributed by atoms with Gasteiger partial charge in [0.2, 0.25) is 0 Å². The van der Waals surface area contributed by atoms with E-state index in [1.54, 1.807) is 0 Å². The second-order valence-electron chi connectivity index (χ2n) is 6.48.